The van der Waals surface area contributed by atoms with Gasteiger partial charge in [-0.15, -0.1) is 0 Å². The maximum absolute atomic E-state index is 12.8. The molecule has 0 aliphatic carbocycles. The minimum atomic E-state index is -4.39. The summed E-state index contributed by atoms with van der Waals surface area (Å²) in [5, 5.41) is 0. The number of aryl methyl sites for hydroxylation is 1. The number of ether oxygens (including phenoxy) is 2. The number of benzene rings is 2. The van der Waals surface area contributed by atoms with Crippen LogP contribution in [0.1, 0.15) is 42.3 Å². The van der Waals surface area contributed by atoms with Gasteiger partial charge in [-0.2, -0.15) is 13.2 Å². The van der Waals surface area contributed by atoms with Crippen LogP contribution in [0.3, 0.4) is 0 Å². The topological polar surface area (TPSA) is 64.8 Å². The zero-order chi connectivity index (χ0) is 25.2. The van der Waals surface area contributed by atoms with Crippen molar-refractivity contribution in [3.05, 3.63) is 71.1 Å². The third-order valence-electron chi connectivity index (χ3n) is 6.44. The predicted molar refractivity (Wildman–Crippen MR) is 123 cm³/mol. The van der Waals surface area contributed by atoms with Crippen LogP contribution in [-0.4, -0.2) is 35.0 Å². The van der Waals surface area contributed by atoms with Crippen molar-refractivity contribution in [3.63, 3.8) is 0 Å². The van der Waals surface area contributed by atoms with E-state index in [0.29, 0.717) is 29.3 Å². The number of nitrogens with zero attached hydrogens (tertiary/aromatic N) is 2. The molecule has 9 heteroatoms. The standard InChI is InChI=1S/C26H27F3N2O4/c1-17-22(30-23(35-17)19-7-9-20(10-8-19)26(27,28)29)16-34-21-11-5-18(6-12-21)15-31-14-4-13-25(31,2)24(32)33-3/h5-12H,4,13-16H2,1-3H3. The molecule has 0 saturated carbocycles. The minimum absolute atomic E-state index is 0.155. The van der Waals surface area contributed by atoms with Gasteiger partial charge >= 0.3 is 12.1 Å². The maximum Gasteiger partial charge on any atom is 0.416 e. The number of methoxy groups -OCH3 is 1. The fourth-order valence-corrected chi connectivity index (χ4v) is 4.27. The number of alkyl halides is 3. The SMILES string of the molecule is COC(=O)C1(C)CCCN1Cc1ccc(OCc2nc(-c3ccc(C(F)(F)F)cc3)oc2C)cc1. The van der Waals surface area contributed by atoms with Crippen LogP contribution in [0, 0.1) is 6.92 Å². The highest BCUT2D eigenvalue weighted by Crippen LogP contribution is 2.33. The molecule has 2 heterocycles. The van der Waals surface area contributed by atoms with Gasteiger partial charge in [-0.05, 0) is 75.2 Å². The van der Waals surface area contributed by atoms with Crippen LogP contribution in [0.25, 0.3) is 11.5 Å². The molecule has 1 aromatic heterocycles. The van der Waals surface area contributed by atoms with Crippen molar-refractivity contribution in [2.24, 2.45) is 0 Å². The predicted octanol–water partition coefficient (Wildman–Crippen LogP) is 5.78. The zero-order valence-electron chi connectivity index (χ0n) is 19.8. The molecule has 0 radical (unpaired) electrons. The van der Waals surface area contributed by atoms with E-state index in [1.165, 1.54) is 19.2 Å². The number of carbonyl (C=O) groups excluding carboxylic acids is 1. The lowest BCUT2D eigenvalue weighted by molar-refractivity contribution is -0.152. The second-order valence-corrected chi connectivity index (χ2v) is 8.82. The normalized spacial score (nSPS) is 18.6. The first-order chi connectivity index (χ1) is 16.6. The Labute approximate surface area is 201 Å². The molecular formula is C26H27F3N2O4. The number of esters is 1. The van der Waals surface area contributed by atoms with E-state index >= 15 is 0 Å². The molecule has 35 heavy (non-hydrogen) atoms. The first-order valence-corrected chi connectivity index (χ1v) is 11.3. The van der Waals surface area contributed by atoms with Crippen LogP contribution in [0.5, 0.6) is 5.75 Å². The largest absolute Gasteiger partial charge is 0.487 e. The van der Waals surface area contributed by atoms with E-state index in [1.807, 2.05) is 31.2 Å². The molecule has 1 saturated heterocycles. The summed E-state index contributed by atoms with van der Waals surface area (Å²) in [6.07, 6.45) is -2.68. The maximum atomic E-state index is 12.8. The third kappa shape index (κ3) is 5.35. The Morgan fingerprint density at radius 1 is 1.14 bits per heavy atom. The summed E-state index contributed by atoms with van der Waals surface area (Å²) >= 11 is 0. The lowest BCUT2D eigenvalue weighted by Crippen LogP contribution is -2.48. The second kappa shape index (κ2) is 9.73. The van der Waals surface area contributed by atoms with E-state index in [0.717, 1.165) is 37.1 Å². The minimum Gasteiger partial charge on any atom is -0.487 e. The van der Waals surface area contributed by atoms with Gasteiger partial charge in [-0.3, -0.25) is 9.69 Å². The Morgan fingerprint density at radius 2 is 1.83 bits per heavy atom. The van der Waals surface area contributed by atoms with E-state index in [9.17, 15) is 18.0 Å². The number of rotatable bonds is 7. The van der Waals surface area contributed by atoms with Gasteiger partial charge in [0.25, 0.3) is 0 Å². The molecule has 1 fully saturated rings. The summed E-state index contributed by atoms with van der Waals surface area (Å²) in [7, 11) is 1.42. The fraction of sp³-hybridized carbons (Fsp3) is 0.385. The van der Waals surface area contributed by atoms with Gasteiger partial charge in [0.2, 0.25) is 5.89 Å². The molecule has 1 aliphatic rings. The number of oxazole rings is 1. The van der Waals surface area contributed by atoms with E-state index < -0.39 is 17.3 Å². The van der Waals surface area contributed by atoms with Crippen LogP contribution >= 0.6 is 0 Å². The zero-order valence-corrected chi connectivity index (χ0v) is 19.8. The molecule has 1 aliphatic heterocycles. The van der Waals surface area contributed by atoms with Gasteiger partial charge in [0.05, 0.1) is 12.7 Å². The van der Waals surface area contributed by atoms with Gasteiger partial charge < -0.3 is 13.9 Å². The number of carbonyl (C=O) groups is 1. The molecule has 1 unspecified atom stereocenters. The van der Waals surface area contributed by atoms with Crippen molar-refractivity contribution in [2.75, 3.05) is 13.7 Å². The molecule has 0 amide bonds. The van der Waals surface area contributed by atoms with Gasteiger partial charge in [-0.1, -0.05) is 12.1 Å². The van der Waals surface area contributed by atoms with E-state index in [4.69, 9.17) is 13.9 Å². The first kappa shape index (κ1) is 24.8. The average Bonchev–Trinajstić information content (AvgIpc) is 3.40. The summed E-state index contributed by atoms with van der Waals surface area (Å²) in [6.45, 7) is 5.27. The number of aromatic nitrogens is 1. The quantitative estimate of drug-likeness (QED) is 0.393. The van der Waals surface area contributed by atoms with Crippen molar-refractivity contribution in [1.82, 2.24) is 9.88 Å². The molecule has 0 spiro atoms. The van der Waals surface area contributed by atoms with Crippen molar-refractivity contribution < 1.29 is 31.9 Å². The van der Waals surface area contributed by atoms with Crippen molar-refractivity contribution in [3.8, 4) is 17.2 Å². The van der Waals surface area contributed by atoms with Crippen molar-refractivity contribution >= 4 is 5.97 Å². The molecule has 2 aromatic carbocycles. The van der Waals surface area contributed by atoms with Crippen LogP contribution in [0.4, 0.5) is 13.2 Å². The van der Waals surface area contributed by atoms with Crippen molar-refractivity contribution in [2.45, 2.75) is 51.6 Å². The van der Waals surface area contributed by atoms with Crippen LogP contribution < -0.4 is 4.74 Å². The Balaban J connectivity index is 1.37. The number of hydrogen-bond donors (Lipinski definition) is 0. The highest BCUT2D eigenvalue weighted by Gasteiger charge is 2.44. The monoisotopic (exact) mass is 488 g/mol. The smallest absolute Gasteiger partial charge is 0.416 e. The van der Waals surface area contributed by atoms with Crippen molar-refractivity contribution in [1.29, 1.82) is 0 Å². The Kier molecular flexibility index (Phi) is 6.89. The van der Waals surface area contributed by atoms with Crippen LogP contribution in [-0.2, 0) is 28.9 Å². The van der Waals surface area contributed by atoms with Gasteiger partial charge in [0, 0.05) is 12.1 Å². The molecule has 3 aromatic rings. The number of hydrogen-bond acceptors (Lipinski definition) is 6. The molecule has 0 N–H and O–H groups in total. The lowest BCUT2D eigenvalue weighted by Gasteiger charge is -2.32. The molecule has 0 bridgehead atoms. The summed E-state index contributed by atoms with van der Waals surface area (Å²) in [6, 6.07) is 12.3. The van der Waals surface area contributed by atoms with Gasteiger partial charge in [0.1, 0.15) is 29.3 Å². The molecule has 4 rings (SSSR count). The Morgan fingerprint density at radius 3 is 2.46 bits per heavy atom. The van der Waals surface area contributed by atoms with Crippen LogP contribution in [0.2, 0.25) is 0 Å². The summed E-state index contributed by atoms with van der Waals surface area (Å²) < 4.78 is 54.8. The highest BCUT2D eigenvalue weighted by atomic mass is 19.4. The van der Waals surface area contributed by atoms with Crippen LogP contribution in [0.15, 0.2) is 52.9 Å². The summed E-state index contributed by atoms with van der Waals surface area (Å²) in [5.41, 5.74) is 0.736. The average molecular weight is 489 g/mol. The second-order valence-electron chi connectivity index (χ2n) is 8.82. The summed E-state index contributed by atoms with van der Waals surface area (Å²) in [4.78, 5) is 18.8. The van der Waals surface area contributed by atoms with E-state index in [-0.39, 0.29) is 18.5 Å². The number of likely N-dealkylation sites (tertiary alicyclic amines) is 1. The molecule has 6 nitrogen and oxygen atoms in total. The summed E-state index contributed by atoms with van der Waals surface area (Å²) in [5.74, 6) is 1.20. The van der Waals surface area contributed by atoms with Gasteiger partial charge in [0.15, 0.2) is 0 Å². The Bertz CT molecular complexity index is 1170. The third-order valence-corrected chi connectivity index (χ3v) is 6.44. The molecular weight excluding hydrogens is 461 g/mol. The van der Waals surface area contributed by atoms with E-state index in [1.54, 1.807) is 6.92 Å². The van der Waals surface area contributed by atoms with E-state index in [2.05, 4.69) is 9.88 Å². The highest BCUT2D eigenvalue weighted by molar-refractivity contribution is 5.80. The Hall–Kier alpha value is -3.33. The molecule has 186 valence electrons. The fourth-order valence-electron chi connectivity index (χ4n) is 4.27. The lowest BCUT2D eigenvalue weighted by atomic mass is 9.98. The first-order valence-electron chi connectivity index (χ1n) is 11.3. The molecule has 1 atom stereocenters. The number of halogens is 3. The van der Waals surface area contributed by atoms with Gasteiger partial charge in [-0.25, -0.2) is 4.98 Å².